The van der Waals surface area contributed by atoms with E-state index in [0.717, 1.165) is 38.5 Å². The summed E-state index contributed by atoms with van der Waals surface area (Å²) in [4.78, 5) is 71.4. The normalized spacial score (nSPS) is 23.9. The van der Waals surface area contributed by atoms with Gasteiger partial charge in [-0.25, -0.2) is 4.79 Å². The van der Waals surface area contributed by atoms with Crippen molar-refractivity contribution in [1.29, 1.82) is 0 Å². The lowest BCUT2D eigenvalue weighted by Gasteiger charge is -2.33. The molecule has 3 aromatic rings. The van der Waals surface area contributed by atoms with Crippen LogP contribution in [0.25, 0.3) is 0 Å². The summed E-state index contributed by atoms with van der Waals surface area (Å²) >= 11 is 0. The molecule has 332 valence electrons. The van der Waals surface area contributed by atoms with Crippen LogP contribution in [-0.4, -0.2) is 90.3 Å². The number of hydrogen-bond acceptors (Lipinski definition) is 5. The Labute approximate surface area is 368 Å². The topological polar surface area (TPSA) is 140 Å². The average molecular weight is 845 g/mol. The van der Waals surface area contributed by atoms with Crippen LogP contribution in [0.15, 0.2) is 84.9 Å². The van der Waals surface area contributed by atoms with Gasteiger partial charge in [-0.05, 0) is 67.5 Å². The fourth-order valence-electron chi connectivity index (χ4n) is 9.55. The predicted octanol–water partition coefficient (Wildman–Crippen LogP) is 7.93. The highest BCUT2D eigenvalue weighted by atomic mass is 16.2. The number of unbranched alkanes of at least 4 members (excludes halogenated alkanes) is 10. The Morgan fingerprint density at radius 3 is 1.52 bits per heavy atom. The maximum atomic E-state index is 14.0. The number of amides is 6. The number of benzene rings is 3. The van der Waals surface area contributed by atoms with Crippen LogP contribution in [0.5, 0.6) is 0 Å². The Balaban J connectivity index is 0.873. The van der Waals surface area contributed by atoms with E-state index in [-0.39, 0.29) is 72.7 Å². The Morgan fingerprint density at radius 1 is 0.548 bits per heavy atom. The van der Waals surface area contributed by atoms with Crippen LogP contribution in [0.2, 0.25) is 0 Å². The molecule has 4 aliphatic rings. The molecule has 0 spiro atoms. The molecule has 7 rings (SSSR count). The van der Waals surface area contributed by atoms with Gasteiger partial charge in [0, 0.05) is 73.8 Å². The second-order valence-corrected chi connectivity index (χ2v) is 18.3. The number of nitrogens with one attached hydrogen (secondary N) is 4. The average Bonchev–Trinajstić information content (AvgIpc) is 4.21. The standard InChI is InChI=1S/C51H68N6O5/c1-2-3-4-5-6-7-8-9-10-11-18-29-52-51(62)53-40-24-19-30-56(33-40)49(60)38-25-27-39(28-26-38)50(61)57-34-43(47(58)54-45-31-41(45)36-20-14-12-15-21-36)44(35-57)48(59)55-46-32-42(46)37-22-16-13-17-23-37/h12-17,20-23,25-28,40-46H,2-11,18-19,24,29-35H2,1H3,(H,54,58)(H,55,59)(H2,52,53,62)/t40-,41-,42-,43-,44-,45+,46+/m1/s1. The van der Waals surface area contributed by atoms with Crippen molar-refractivity contribution in [2.45, 2.75) is 133 Å². The van der Waals surface area contributed by atoms with Gasteiger partial charge < -0.3 is 31.1 Å². The summed E-state index contributed by atoms with van der Waals surface area (Å²) in [5, 5.41) is 12.5. The van der Waals surface area contributed by atoms with Gasteiger partial charge in [0.2, 0.25) is 11.8 Å². The van der Waals surface area contributed by atoms with Crippen molar-refractivity contribution < 1.29 is 24.0 Å². The number of urea groups is 1. The van der Waals surface area contributed by atoms with Crippen molar-refractivity contribution in [3.05, 3.63) is 107 Å². The third kappa shape index (κ3) is 12.5. The Hall–Kier alpha value is -5.19. The third-order valence-electron chi connectivity index (χ3n) is 13.5. The Bertz CT molecular complexity index is 1870. The van der Waals surface area contributed by atoms with Gasteiger partial charge in [-0.15, -0.1) is 0 Å². The number of rotatable bonds is 21. The smallest absolute Gasteiger partial charge is 0.315 e. The summed E-state index contributed by atoms with van der Waals surface area (Å²) in [6, 6.07) is 26.6. The first-order valence-electron chi connectivity index (χ1n) is 23.7. The molecule has 2 heterocycles. The lowest BCUT2D eigenvalue weighted by molar-refractivity contribution is -0.133. The van der Waals surface area contributed by atoms with E-state index in [1.807, 2.05) is 36.4 Å². The largest absolute Gasteiger partial charge is 0.352 e. The third-order valence-corrected chi connectivity index (χ3v) is 13.5. The zero-order chi connectivity index (χ0) is 43.3. The molecule has 3 aromatic carbocycles. The number of piperidine rings is 1. The number of nitrogens with zero attached hydrogens (tertiary/aromatic N) is 2. The first kappa shape index (κ1) is 44.9. The molecule has 0 bridgehead atoms. The van der Waals surface area contributed by atoms with E-state index in [4.69, 9.17) is 0 Å². The number of hydrogen-bond donors (Lipinski definition) is 4. The van der Waals surface area contributed by atoms with Crippen molar-refractivity contribution in [3.63, 3.8) is 0 Å². The van der Waals surface area contributed by atoms with Crippen LogP contribution in [0.4, 0.5) is 4.79 Å². The van der Waals surface area contributed by atoms with Crippen LogP contribution in [0.1, 0.15) is 147 Å². The summed E-state index contributed by atoms with van der Waals surface area (Å²) in [6.45, 7) is 4.18. The second kappa shape index (κ2) is 22.2. The molecule has 2 saturated carbocycles. The molecular weight excluding hydrogens is 777 g/mol. The van der Waals surface area contributed by atoms with Crippen molar-refractivity contribution >= 4 is 29.7 Å². The summed E-state index contributed by atoms with van der Waals surface area (Å²) in [7, 11) is 0. The molecule has 4 N–H and O–H groups in total. The highest BCUT2D eigenvalue weighted by Gasteiger charge is 2.49. The molecule has 62 heavy (non-hydrogen) atoms. The monoisotopic (exact) mass is 845 g/mol. The molecule has 2 aliphatic carbocycles. The van der Waals surface area contributed by atoms with Crippen molar-refractivity contribution in [3.8, 4) is 0 Å². The number of likely N-dealkylation sites (tertiary alicyclic amines) is 2. The predicted molar refractivity (Wildman–Crippen MR) is 243 cm³/mol. The Kier molecular flexibility index (Phi) is 16.1. The SMILES string of the molecule is CCCCCCCCCCCCCNC(=O)N[C@@H]1CCCN(C(=O)c2ccc(C(=O)N3C[C@@H](C(=O)N[C@H]4C[C@@H]4c4ccccc4)[C@H](C(=O)N[C@H]4C[C@@H]4c4ccccc4)C3)cc2)C1. The maximum Gasteiger partial charge on any atom is 0.315 e. The van der Waals surface area contributed by atoms with Gasteiger partial charge in [0.25, 0.3) is 11.8 Å². The number of carbonyl (C=O) groups excluding carboxylic acids is 5. The van der Waals surface area contributed by atoms with Crippen molar-refractivity contribution in [2.75, 3.05) is 32.7 Å². The molecule has 11 heteroatoms. The van der Waals surface area contributed by atoms with E-state index in [9.17, 15) is 24.0 Å². The van der Waals surface area contributed by atoms with Crippen molar-refractivity contribution in [1.82, 2.24) is 31.1 Å². The minimum Gasteiger partial charge on any atom is -0.352 e. The maximum absolute atomic E-state index is 14.0. The summed E-state index contributed by atoms with van der Waals surface area (Å²) in [6.07, 6.45) is 17.2. The zero-order valence-corrected chi connectivity index (χ0v) is 36.7. The van der Waals surface area contributed by atoms with Gasteiger partial charge in [0.05, 0.1) is 11.8 Å². The van der Waals surface area contributed by atoms with Crippen LogP contribution in [-0.2, 0) is 9.59 Å². The highest BCUT2D eigenvalue weighted by Crippen LogP contribution is 2.42. The lowest BCUT2D eigenvalue weighted by Crippen LogP contribution is -2.52. The lowest BCUT2D eigenvalue weighted by atomic mass is 9.94. The first-order chi connectivity index (χ1) is 30.3. The van der Waals surface area contributed by atoms with Gasteiger partial charge in [-0.2, -0.15) is 0 Å². The van der Waals surface area contributed by atoms with Crippen molar-refractivity contribution in [2.24, 2.45) is 11.8 Å². The van der Waals surface area contributed by atoms with Crippen LogP contribution in [0.3, 0.4) is 0 Å². The molecule has 0 unspecified atom stereocenters. The summed E-state index contributed by atoms with van der Waals surface area (Å²) in [5.41, 5.74) is 3.23. The van der Waals surface area contributed by atoms with E-state index < -0.39 is 11.8 Å². The molecule has 0 aromatic heterocycles. The first-order valence-corrected chi connectivity index (χ1v) is 23.7. The van der Waals surface area contributed by atoms with E-state index >= 15 is 0 Å². The van der Waals surface area contributed by atoms with E-state index in [1.165, 1.54) is 68.9 Å². The van der Waals surface area contributed by atoms with Gasteiger partial charge in [-0.1, -0.05) is 132 Å². The van der Waals surface area contributed by atoms with E-state index in [1.54, 1.807) is 34.1 Å². The fourth-order valence-corrected chi connectivity index (χ4v) is 9.55. The minimum absolute atomic E-state index is 0.00141. The van der Waals surface area contributed by atoms with Crippen LogP contribution in [0, 0.1) is 11.8 Å². The van der Waals surface area contributed by atoms with Gasteiger partial charge in [0.1, 0.15) is 0 Å². The molecule has 0 radical (unpaired) electrons. The molecule has 2 aliphatic heterocycles. The Morgan fingerprint density at radius 2 is 1.02 bits per heavy atom. The fraction of sp³-hybridized carbons (Fsp3) is 0.549. The summed E-state index contributed by atoms with van der Waals surface area (Å²) < 4.78 is 0. The van der Waals surface area contributed by atoms with Gasteiger partial charge in [-0.3, -0.25) is 19.2 Å². The minimum atomic E-state index is -0.682. The molecule has 11 nitrogen and oxygen atoms in total. The second-order valence-electron chi connectivity index (χ2n) is 18.3. The molecule has 6 amide bonds. The van der Waals surface area contributed by atoms with Gasteiger partial charge in [0.15, 0.2) is 0 Å². The zero-order valence-electron chi connectivity index (χ0n) is 36.7. The van der Waals surface area contributed by atoms with Crippen LogP contribution >= 0.6 is 0 Å². The molecular formula is C51H68N6O5. The van der Waals surface area contributed by atoms with Gasteiger partial charge >= 0.3 is 6.03 Å². The quantitative estimate of drug-likeness (QED) is 0.0807. The summed E-state index contributed by atoms with van der Waals surface area (Å²) in [5.74, 6) is -1.70. The molecule has 4 fully saturated rings. The van der Waals surface area contributed by atoms with E-state index in [2.05, 4.69) is 52.5 Å². The molecule has 2 saturated heterocycles. The highest BCUT2D eigenvalue weighted by molar-refractivity contribution is 5.99. The van der Waals surface area contributed by atoms with E-state index in [0.29, 0.717) is 30.8 Å². The molecule has 7 atom stereocenters. The van der Waals surface area contributed by atoms with Crippen LogP contribution < -0.4 is 21.3 Å². The number of carbonyl (C=O) groups is 5.